The van der Waals surface area contributed by atoms with Gasteiger partial charge in [0.25, 0.3) is 0 Å². The Morgan fingerprint density at radius 3 is 2.69 bits per heavy atom. The zero-order valence-electron chi connectivity index (χ0n) is 10.1. The van der Waals surface area contributed by atoms with Gasteiger partial charge in [-0.15, -0.1) is 0 Å². The van der Waals surface area contributed by atoms with Crippen LogP contribution in [0.5, 0.6) is 0 Å². The number of rotatable bonds is 2. The molecule has 2 nitrogen and oxygen atoms in total. The van der Waals surface area contributed by atoms with Crippen LogP contribution in [0.25, 0.3) is 0 Å². The minimum absolute atomic E-state index is 0.194. The predicted molar refractivity (Wildman–Crippen MR) is 64.3 cm³/mol. The molecule has 0 amide bonds. The molecule has 2 heteroatoms. The highest BCUT2D eigenvalue weighted by Crippen LogP contribution is 2.35. The fourth-order valence-electron chi connectivity index (χ4n) is 2.32. The van der Waals surface area contributed by atoms with E-state index in [1.54, 1.807) is 0 Å². The van der Waals surface area contributed by atoms with E-state index in [4.69, 9.17) is 4.74 Å². The number of benzene rings is 1. The SMILES string of the molecule is CCC1CC(O)(c2ccc(C)cc2)CCO1. The van der Waals surface area contributed by atoms with Crippen LogP contribution in [0.3, 0.4) is 0 Å². The van der Waals surface area contributed by atoms with E-state index >= 15 is 0 Å². The third kappa shape index (κ3) is 2.28. The van der Waals surface area contributed by atoms with Crippen LogP contribution in [0.4, 0.5) is 0 Å². The summed E-state index contributed by atoms with van der Waals surface area (Å²) < 4.78 is 5.61. The molecule has 0 saturated carbocycles. The highest BCUT2D eigenvalue weighted by molar-refractivity contribution is 5.27. The van der Waals surface area contributed by atoms with Gasteiger partial charge >= 0.3 is 0 Å². The van der Waals surface area contributed by atoms with Gasteiger partial charge in [0, 0.05) is 12.8 Å². The molecule has 1 aromatic rings. The van der Waals surface area contributed by atoms with Crippen molar-refractivity contribution in [3.8, 4) is 0 Å². The van der Waals surface area contributed by atoms with Gasteiger partial charge in [-0.25, -0.2) is 0 Å². The Morgan fingerprint density at radius 2 is 2.06 bits per heavy atom. The van der Waals surface area contributed by atoms with Crippen molar-refractivity contribution in [2.45, 2.75) is 44.8 Å². The van der Waals surface area contributed by atoms with E-state index in [9.17, 15) is 5.11 Å². The lowest BCUT2D eigenvalue weighted by Gasteiger charge is -2.37. The summed E-state index contributed by atoms with van der Waals surface area (Å²) in [5.74, 6) is 0. The molecular formula is C14H20O2. The van der Waals surface area contributed by atoms with Crippen LogP contribution in [0.15, 0.2) is 24.3 Å². The smallest absolute Gasteiger partial charge is 0.0943 e. The summed E-state index contributed by atoms with van der Waals surface area (Å²) in [4.78, 5) is 0. The maximum Gasteiger partial charge on any atom is 0.0943 e. The van der Waals surface area contributed by atoms with Gasteiger partial charge in [0.2, 0.25) is 0 Å². The second-order valence-electron chi connectivity index (χ2n) is 4.75. The molecule has 1 aliphatic rings. The predicted octanol–water partition coefficient (Wildman–Crippen LogP) is 2.77. The van der Waals surface area contributed by atoms with Crippen molar-refractivity contribution in [3.63, 3.8) is 0 Å². The van der Waals surface area contributed by atoms with Crippen LogP contribution in [0, 0.1) is 6.92 Å². The molecule has 1 aliphatic heterocycles. The first-order valence-corrected chi connectivity index (χ1v) is 6.05. The van der Waals surface area contributed by atoms with Crippen LogP contribution in [-0.2, 0) is 10.3 Å². The van der Waals surface area contributed by atoms with Crippen LogP contribution in [0.1, 0.15) is 37.3 Å². The third-order valence-corrected chi connectivity index (χ3v) is 3.48. The molecule has 2 rings (SSSR count). The Morgan fingerprint density at radius 1 is 1.38 bits per heavy atom. The van der Waals surface area contributed by atoms with Gasteiger partial charge in [0.05, 0.1) is 18.3 Å². The van der Waals surface area contributed by atoms with E-state index in [2.05, 4.69) is 26.0 Å². The first-order chi connectivity index (χ1) is 7.64. The van der Waals surface area contributed by atoms with Crippen LogP contribution in [-0.4, -0.2) is 17.8 Å². The highest BCUT2D eigenvalue weighted by Gasteiger charge is 2.35. The Balaban J connectivity index is 2.20. The maximum atomic E-state index is 10.7. The van der Waals surface area contributed by atoms with Crippen LogP contribution in [0.2, 0.25) is 0 Å². The van der Waals surface area contributed by atoms with E-state index in [-0.39, 0.29) is 6.10 Å². The van der Waals surface area contributed by atoms with E-state index in [0.717, 1.165) is 12.0 Å². The first kappa shape index (κ1) is 11.6. The minimum Gasteiger partial charge on any atom is -0.385 e. The summed E-state index contributed by atoms with van der Waals surface area (Å²) in [6.45, 7) is 4.82. The quantitative estimate of drug-likeness (QED) is 0.830. The third-order valence-electron chi connectivity index (χ3n) is 3.48. The van der Waals surface area contributed by atoms with Crippen molar-refractivity contribution in [3.05, 3.63) is 35.4 Å². The maximum absolute atomic E-state index is 10.7. The van der Waals surface area contributed by atoms with E-state index in [1.807, 2.05) is 12.1 Å². The Hall–Kier alpha value is -0.860. The average molecular weight is 220 g/mol. The second-order valence-corrected chi connectivity index (χ2v) is 4.75. The summed E-state index contributed by atoms with van der Waals surface area (Å²) in [6, 6.07) is 8.19. The standard InChI is InChI=1S/C14H20O2/c1-3-13-10-14(15,8-9-16-13)12-6-4-11(2)5-7-12/h4-7,13,15H,3,8-10H2,1-2H3. The van der Waals surface area contributed by atoms with Gasteiger partial charge < -0.3 is 9.84 Å². The fraction of sp³-hybridized carbons (Fsp3) is 0.571. The molecule has 1 fully saturated rings. The largest absolute Gasteiger partial charge is 0.385 e. The molecule has 0 spiro atoms. The lowest BCUT2D eigenvalue weighted by molar-refractivity contribution is -0.108. The van der Waals surface area contributed by atoms with E-state index < -0.39 is 5.60 Å². The van der Waals surface area contributed by atoms with Crippen molar-refractivity contribution in [2.75, 3.05) is 6.61 Å². The molecule has 16 heavy (non-hydrogen) atoms. The number of ether oxygens (including phenoxy) is 1. The molecule has 2 unspecified atom stereocenters. The lowest BCUT2D eigenvalue weighted by atomic mass is 9.83. The molecule has 1 heterocycles. The minimum atomic E-state index is -0.688. The monoisotopic (exact) mass is 220 g/mol. The van der Waals surface area contributed by atoms with Gasteiger partial charge in [-0.2, -0.15) is 0 Å². The zero-order valence-corrected chi connectivity index (χ0v) is 10.1. The van der Waals surface area contributed by atoms with Crippen molar-refractivity contribution in [1.82, 2.24) is 0 Å². The molecule has 1 N–H and O–H groups in total. The average Bonchev–Trinajstić information content (AvgIpc) is 2.29. The summed E-state index contributed by atoms with van der Waals surface area (Å²) in [5, 5.41) is 10.7. The molecule has 1 aromatic carbocycles. The normalized spacial score (nSPS) is 30.3. The van der Waals surface area contributed by atoms with Gasteiger partial charge in [-0.3, -0.25) is 0 Å². The summed E-state index contributed by atoms with van der Waals surface area (Å²) in [7, 11) is 0. The van der Waals surface area contributed by atoms with Crippen LogP contribution >= 0.6 is 0 Å². The molecule has 0 radical (unpaired) electrons. The Labute approximate surface area is 97.3 Å². The molecule has 2 atom stereocenters. The zero-order chi connectivity index (χ0) is 11.6. The molecule has 0 bridgehead atoms. The summed E-state index contributed by atoms with van der Waals surface area (Å²) in [6.07, 6.45) is 2.58. The molecule has 0 aromatic heterocycles. The molecule has 1 saturated heterocycles. The Bertz CT molecular complexity index is 344. The van der Waals surface area contributed by atoms with Crippen molar-refractivity contribution < 1.29 is 9.84 Å². The van der Waals surface area contributed by atoms with Gasteiger partial charge in [-0.1, -0.05) is 36.8 Å². The van der Waals surface area contributed by atoms with Gasteiger partial charge in [0.1, 0.15) is 0 Å². The molecule has 0 aliphatic carbocycles. The van der Waals surface area contributed by atoms with Crippen molar-refractivity contribution in [2.24, 2.45) is 0 Å². The van der Waals surface area contributed by atoms with Gasteiger partial charge in [-0.05, 0) is 18.9 Å². The molecule has 88 valence electrons. The Kier molecular flexibility index (Phi) is 3.31. The number of hydrogen-bond donors (Lipinski definition) is 1. The van der Waals surface area contributed by atoms with Gasteiger partial charge in [0.15, 0.2) is 0 Å². The summed E-state index contributed by atoms with van der Waals surface area (Å²) in [5.41, 5.74) is 1.57. The summed E-state index contributed by atoms with van der Waals surface area (Å²) >= 11 is 0. The van der Waals surface area contributed by atoms with E-state index in [1.165, 1.54) is 5.56 Å². The number of aliphatic hydroxyl groups is 1. The highest BCUT2D eigenvalue weighted by atomic mass is 16.5. The first-order valence-electron chi connectivity index (χ1n) is 6.05. The number of hydrogen-bond acceptors (Lipinski definition) is 2. The van der Waals surface area contributed by atoms with Crippen LogP contribution < -0.4 is 0 Å². The fourth-order valence-corrected chi connectivity index (χ4v) is 2.32. The van der Waals surface area contributed by atoms with E-state index in [0.29, 0.717) is 19.4 Å². The topological polar surface area (TPSA) is 29.5 Å². The molecular weight excluding hydrogens is 200 g/mol. The second kappa shape index (κ2) is 4.56. The van der Waals surface area contributed by atoms with Crippen molar-refractivity contribution in [1.29, 1.82) is 0 Å². The lowest BCUT2D eigenvalue weighted by Crippen LogP contribution is -2.38. The van der Waals surface area contributed by atoms with Crippen molar-refractivity contribution >= 4 is 0 Å². The number of aryl methyl sites for hydroxylation is 1.